The molecule has 0 aliphatic carbocycles. The quantitative estimate of drug-likeness (QED) is 0.849. The van der Waals surface area contributed by atoms with Crippen molar-refractivity contribution < 1.29 is 8.42 Å². The number of hydrogen-bond acceptors (Lipinski definition) is 3. The van der Waals surface area contributed by atoms with Crippen molar-refractivity contribution in [2.75, 3.05) is 11.5 Å². The highest BCUT2D eigenvalue weighted by atomic mass is 35.5. The summed E-state index contributed by atoms with van der Waals surface area (Å²) in [5, 5.41) is 2.90. The van der Waals surface area contributed by atoms with Gasteiger partial charge in [-0.1, -0.05) is 29.8 Å². The molecule has 1 aliphatic rings. The van der Waals surface area contributed by atoms with Crippen LogP contribution in [0.25, 0.3) is 0 Å². The van der Waals surface area contributed by atoms with E-state index in [2.05, 4.69) is 5.32 Å². The molecule has 1 aromatic carbocycles. The number of nitrogens with one attached hydrogen (secondary N) is 1. The first-order valence-electron chi connectivity index (χ1n) is 5.60. The van der Waals surface area contributed by atoms with Gasteiger partial charge in [0, 0.05) is 12.6 Å². The molecule has 0 unspecified atom stereocenters. The highest BCUT2D eigenvalue weighted by Gasteiger charge is 2.35. The second-order valence-electron chi connectivity index (χ2n) is 4.57. The smallest absolute Gasteiger partial charge is 0.153 e. The number of alkyl halides is 1. The minimum Gasteiger partial charge on any atom is -0.307 e. The molecule has 2 atom stereocenters. The Morgan fingerprint density at radius 1 is 1.29 bits per heavy atom. The Morgan fingerprint density at radius 3 is 2.47 bits per heavy atom. The number of rotatable bonds is 3. The van der Waals surface area contributed by atoms with Gasteiger partial charge in [0.2, 0.25) is 0 Å². The SMILES string of the molecule is Cc1ccc(CN[C@@H]2CS(=O)(=O)C[C@@H]2Cl)cc1. The lowest BCUT2D eigenvalue weighted by Crippen LogP contribution is -2.35. The molecule has 1 N–H and O–H groups in total. The van der Waals surface area contributed by atoms with Crippen molar-refractivity contribution in [2.45, 2.75) is 24.9 Å². The predicted octanol–water partition coefficient (Wildman–Crippen LogP) is 1.49. The average Bonchev–Trinajstić information content (AvgIpc) is 2.51. The summed E-state index contributed by atoms with van der Waals surface area (Å²) in [4.78, 5) is 0. The lowest BCUT2D eigenvalue weighted by molar-refractivity contribution is 0.558. The predicted molar refractivity (Wildman–Crippen MR) is 70.1 cm³/mol. The minimum atomic E-state index is -2.95. The van der Waals surface area contributed by atoms with Crippen LogP contribution in [0.3, 0.4) is 0 Å². The van der Waals surface area contributed by atoms with Crippen molar-refractivity contribution in [3.05, 3.63) is 35.4 Å². The zero-order valence-electron chi connectivity index (χ0n) is 9.69. The van der Waals surface area contributed by atoms with Crippen molar-refractivity contribution in [2.24, 2.45) is 0 Å². The molecule has 0 saturated carbocycles. The maximum atomic E-state index is 11.4. The molecule has 1 fully saturated rings. The summed E-state index contributed by atoms with van der Waals surface area (Å²) in [6.45, 7) is 2.69. The Balaban J connectivity index is 1.93. The van der Waals surface area contributed by atoms with Crippen LogP contribution in [-0.4, -0.2) is 31.3 Å². The Morgan fingerprint density at radius 2 is 1.94 bits per heavy atom. The van der Waals surface area contributed by atoms with Crippen LogP contribution in [0, 0.1) is 6.92 Å². The fourth-order valence-electron chi connectivity index (χ4n) is 1.95. The molecule has 3 nitrogen and oxygen atoms in total. The molecular formula is C12H16ClNO2S. The second kappa shape index (κ2) is 4.96. The largest absolute Gasteiger partial charge is 0.307 e. The number of hydrogen-bond donors (Lipinski definition) is 1. The van der Waals surface area contributed by atoms with Gasteiger partial charge in [-0.2, -0.15) is 0 Å². The molecule has 0 spiro atoms. The van der Waals surface area contributed by atoms with Crippen molar-refractivity contribution in [3.63, 3.8) is 0 Å². The summed E-state index contributed by atoms with van der Waals surface area (Å²) in [5.41, 5.74) is 2.36. The molecule has 0 amide bonds. The highest BCUT2D eigenvalue weighted by Crippen LogP contribution is 2.18. The topological polar surface area (TPSA) is 46.2 Å². The van der Waals surface area contributed by atoms with Gasteiger partial charge in [0.25, 0.3) is 0 Å². The molecular weight excluding hydrogens is 258 g/mol. The van der Waals surface area contributed by atoms with Gasteiger partial charge >= 0.3 is 0 Å². The molecule has 17 heavy (non-hydrogen) atoms. The zero-order chi connectivity index (χ0) is 12.5. The fourth-order valence-corrected chi connectivity index (χ4v) is 4.56. The highest BCUT2D eigenvalue weighted by molar-refractivity contribution is 7.91. The van der Waals surface area contributed by atoms with E-state index in [-0.39, 0.29) is 22.9 Å². The minimum absolute atomic E-state index is 0.0835. The number of halogens is 1. The first kappa shape index (κ1) is 12.9. The maximum absolute atomic E-state index is 11.4. The summed E-state index contributed by atoms with van der Waals surface area (Å²) in [5.74, 6) is 0.229. The molecule has 1 aliphatic heterocycles. The third-order valence-corrected chi connectivity index (χ3v) is 5.35. The average molecular weight is 274 g/mol. The van der Waals surface area contributed by atoms with E-state index < -0.39 is 9.84 Å². The van der Waals surface area contributed by atoms with E-state index in [0.29, 0.717) is 6.54 Å². The van der Waals surface area contributed by atoms with Crippen LogP contribution in [0.2, 0.25) is 0 Å². The van der Waals surface area contributed by atoms with Crippen LogP contribution >= 0.6 is 11.6 Å². The summed E-state index contributed by atoms with van der Waals surface area (Å²) >= 11 is 6.01. The van der Waals surface area contributed by atoms with Gasteiger partial charge < -0.3 is 5.32 Å². The molecule has 94 valence electrons. The van der Waals surface area contributed by atoms with Gasteiger partial charge in [-0.05, 0) is 12.5 Å². The van der Waals surface area contributed by atoms with E-state index in [4.69, 9.17) is 11.6 Å². The van der Waals surface area contributed by atoms with Crippen molar-refractivity contribution in [1.82, 2.24) is 5.32 Å². The van der Waals surface area contributed by atoms with Crippen molar-refractivity contribution in [3.8, 4) is 0 Å². The van der Waals surface area contributed by atoms with Gasteiger partial charge in [-0.25, -0.2) is 8.42 Å². The van der Waals surface area contributed by atoms with Crippen LogP contribution in [0.1, 0.15) is 11.1 Å². The third kappa shape index (κ3) is 3.44. The van der Waals surface area contributed by atoms with Crippen molar-refractivity contribution in [1.29, 1.82) is 0 Å². The number of sulfone groups is 1. The van der Waals surface area contributed by atoms with E-state index in [0.717, 1.165) is 5.56 Å². The monoisotopic (exact) mass is 273 g/mol. The van der Waals surface area contributed by atoms with E-state index in [1.807, 2.05) is 31.2 Å². The molecule has 0 radical (unpaired) electrons. The molecule has 1 aromatic rings. The lowest BCUT2D eigenvalue weighted by atomic mass is 10.1. The van der Waals surface area contributed by atoms with Gasteiger partial charge in [-0.15, -0.1) is 11.6 Å². The first-order valence-corrected chi connectivity index (χ1v) is 7.85. The summed E-state index contributed by atoms with van der Waals surface area (Å²) < 4.78 is 22.8. The van der Waals surface area contributed by atoms with Gasteiger partial charge in [0.15, 0.2) is 9.84 Å². The van der Waals surface area contributed by atoms with E-state index in [1.54, 1.807) is 0 Å². The van der Waals surface area contributed by atoms with Crippen LogP contribution < -0.4 is 5.32 Å². The Kier molecular flexibility index (Phi) is 3.76. The standard InChI is InChI=1S/C12H16ClNO2S/c1-9-2-4-10(5-3-9)6-14-12-8-17(15,16)7-11(12)13/h2-5,11-12,14H,6-8H2,1H3/t11-,12+/m0/s1. The van der Waals surface area contributed by atoms with Crippen LogP contribution in [0.4, 0.5) is 0 Å². The molecule has 0 bridgehead atoms. The summed E-state index contributed by atoms with van der Waals surface area (Å²) in [6.07, 6.45) is 0. The molecule has 1 heterocycles. The maximum Gasteiger partial charge on any atom is 0.153 e. The normalized spacial score (nSPS) is 27.2. The Bertz CT molecular complexity index is 484. The number of aryl methyl sites for hydroxylation is 1. The molecule has 0 aromatic heterocycles. The zero-order valence-corrected chi connectivity index (χ0v) is 11.3. The molecule has 5 heteroatoms. The molecule has 2 rings (SSSR count). The Labute approximate surface area is 107 Å². The first-order chi connectivity index (χ1) is 7.96. The Hall–Kier alpha value is -0.580. The van der Waals surface area contributed by atoms with Crippen LogP contribution in [0.15, 0.2) is 24.3 Å². The molecule has 1 saturated heterocycles. The summed E-state index contributed by atoms with van der Waals surface area (Å²) in [6, 6.07) is 8.02. The van der Waals surface area contributed by atoms with Crippen LogP contribution in [0.5, 0.6) is 0 Å². The lowest BCUT2D eigenvalue weighted by Gasteiger charge is -2.14. The van der Waals surface area contributed by atoms with Gasteiger partial charge in [0.1, 0.15) is 0 Å². The van der Waals surface area contributed by atoms with Gasteiger partial charge in [0.05, 0.1) is 16.9 Å². The van der Waals surface area contributed by atoms with Crippen LogP contribution in [-0.2, 0) is 16.4 Å². The van der Waals surface area contributed by atoms with E-state index in [1.165, 1.54) is 5.56 Å². The van der Waals surface area contributed by atoms with E-state index >= 15 is 0 Å². The summed E-state index contributed by atoms with van der Waals surface area (Å²) in [7, 11) is -2.95. The van der Waals surface area contributed by atoms with Gasteiger partial charge in [-0.3, -0.25) is 0 Å². The fraction of sp³-hybridized carbons (Fsp3) is 0.500. The number of benzene rings is 1. The second-order valence-corrected chi connectivity index (χ2v) is 7.28. The van der Waals surface area contributed by atoms with Crippen molar-refractivity contribution >= 4 is 21.4 Å². The third-order valence-electron chi connectivity index (χ3n) is 2.97. The van der Waals surface area contributed by atoms with E-state index in [9.17, 15) is 8.42 Å².